The fraction of sp³-hybridized carbons (Fsp3) is 0.680. The van der Waals surface area contributed by atoms with Crippen molar-refractivity contribution in [3.05, 3.63) is 35.4 Å². The topological polar surface area (TPSA) is 60.0 Å². The van der Waals surface area contributed by atoms with Gasteiger partial charge in [-0.15, -0.1) is 24.0 Å². The minimum atomic E-state index is 0. The van der Waals surface area contributed by atoms with Crippen LogP contribution in [0.4, 0.5) is 0 Å². The van der Waals surface area contributed by atoms with Gasteiger partial charge in [0.15, 0.2) is 5.96 Å². The van der Waals surface area contributed by atoms with E-state index in [4.69, 9.17) is 4.99 Å². The van der Waals surface area contributed by atoms with E-state index in [0.29, 0.717) is 24.3 Å². The summed E-state index contributed by atoms with van der Waals surface area (Å²) in [7, 11) is 1.72. The minimum Gasteiger partial charge on any atom is -0.359 e. The van der Waals surface area contributed by atoms with Gasteiger partial charge in [0, 0.05) is 52.2 Å². The summed E-state index contributed by atoms with van der Waals surface area (Å²) in [6, 6.07) is 9.29. The first kappa shape index (κ1) is 26.9. The lowest BCUT2D eigenvalue weighted by Crippen LogP contribution is -2.48. The number of aliphatic imine (C=N–C) groups is 1. The number of benzene rings is 1. The molecule has 0 spiro atoms. The minimum absolute atomic E-state index is 0. The van der Waals surface area contributed by atoms with Gasteiger partial charge < -0.3 is 15.5 Å². The lowest BCUT2D eigenvalue weighted by atomic mass is 9.93. The van der Waals surface area contributed by atoms with Crippen molar-refractivity contribution in [2.24, 2.45) is 16.8 Å². The highest BCUT2D eigenvalue weighted by atomic mass is 127. The Bertz CT molecular complexity index is 746. The van der Waals surface area contributed by atoms with Crippen molar-refractivity contribution >= 4 is 35.8 Å². The van der Waals surface area contributed by atoms with Crippen molar-refractivity contribution in [2.75, 3.05) is 39.8 Å². The molecule has 2 N–H and O–H groups in total. The monoisotopic (exact) mass is 555 g/mol. The summed E-state index contributed by atoms with van der Waals surface area (Å²) in [6.45, 7) is 12.5. The number of carbonyl (C=O) groups is 1. The zero-order chi connectivity index (χ0) is 22.2. The first-order valence-electron chi connectivity index (χ1n) is 12.1. The number of hydrogen-bond acceptors (Lipinski definition) is 3. The van der Waals surface area contributed by atoms with Crippen LogP contribution in [-0.4, -0.2) is 67.5 Å². The van der Waals surface area contributed by atoms with Crippen molar-refractivity contribution in [3.63, 3.8) is 0 Å². The van der Waals surface area contributed by atoms with Crippen molar-refractivity contribution in [1.29, 1.82) is 0 Å². The zero-order valence-corrected chi connectivity index (χ0v) is 22.6. The van der Waals surface area contributed by atoms with E-state index in [1.54, 1.807) is 7.05 Å². The highest BCUT2D eigenvalue weighted by Crippen LogP contribution is 2.24. The Hall–Kier alpha value is -1.35. The second kappa shape index (κ2) is 13.4. The third-order valence-corrected chi connectivity index (χ3v) is 6.83. The molecule has 1 aromatic carbocycles. The molecule has 1 saturated heterocycles. The van der Waals surface area contributed by atoms with Crippen LogP contribution in [-0.2, 0) is 17.8 Å². The summed E-state index contributed by atoms with van der Waals surface area (Å²) in [5.74, 6) is 2.22. The molecule has 3 rings (SSSR count). The SMILES string of the molecule is CCNC(=NCC(C(C)C)N1CCc2ccccc2C1)N1CCC(CC(=O)NC)CC1.I. The molecule has 6 nitrogen and oxygen atoms in total. The summed E-state index contributed by atoms with van der Waals surface area (Å²) in [5, 5.41) is 6.26. The molecule has 0 aromatic heterocycles. The lowest BCUT2D eigenvalue weighted by Gasteiger charge is -2.38. The largest absolute Gasteiger partial charge is 0.359 e. The van der Waals surface area contributed by atoms with Gasteiger partial charge in [0.05, 0.1) is 6.54 Å². The number of nitrogens with zero attached hydrogens (tertiary/aromatic N) is 3. The van der Waals surface area contributed by atoms with Crippen LogP contribution >= 0.6 is 24.0 Å². The van der Waals surface area contributed by atoms with Crippen molar-refractivity contribution in [3.8, 4) is 0 Å². The molecule has 0 aliphatic carbocycles. The number of halogens is 1. The predicted octanol–water partition coefficient (Wildman–Crippen LogP) is 3.50. The molecule has 2 heterocycles. The van der Waals surface area contributed by atoms with Crippen LogP contribution in [0.15, 0.2) is 29.3 Å². The van der Waals surface area contributed by atoms with Gasteiger partial charge in [-0.25, -0.2) is 0 Å². The molecule has 1 atom stereocenters. The van der Waals surface area contributed by atoms with Crippen LogP contribution in [0.3, 0.4) is 0 Å². The van der Waals surface area contributed by atoms with Crippen LogP contribution in [0.5, 0.6) is 0 Å². The van der Waals surface area contributed by atoms with E-state index in [1.165, 1.54) is 11.1 Å². The third kappa shape index (κ3) is 7.33. The maximum absolute atomic E-state index is 11.7. The Morgan fingerprint density at radius 3 is 2.47 bits per heavy atom. The molecular formula is C25H42IN5O. The summed E-state index contributed by atoms with van der Waals surface area (Å²) < 4.78 is 0. The first-order chi connectivity index (χ1) is 15.0. The van der Waals surface area contributed by atoms with Gasteiger partial charge in [-0.1, -0.05) is 38.1 Å². The summed E-state index contributed by atoms with van der Waals surface area (Å²) in [5.41, 5.74) is 2.96. The molecule has 0 radical (unpaired) electrons. The summed E-state index contributed by atoms with van der Waals surface area (Å²) in [6.07, 6.45) is 3.87. The molecule has 0 saturated carbocycles. The van der Waals surface area contributed by atoms with E-state index >= 15 is 0 Å². The first-order valence-corrected chi connectivity index (χ1v) is 12.1. The number of nitrogens with one attached hydrogen (secondary N) is 2. The Morgan fingerprint density at radius 1 is 1.16 bits per heavy atom. The second-order valence-corrected chi connectivity index (χ2v) is 9.30. The average molecular weight is 556 g/mol. The van der Waals surface area contributed by atoms with Gasteiger partial charge in [0.2, 0.25) is 5.91 Å². The molecule has 0 bridgehead atoms. The highest BCUT2D eigenvalue weighted by Gasteiger charge is 2.27. The molecule has 1 unspecified atom stereocenters. The molecule has 1 fully saturated rings. The van der Waals surface area contributed by atoms with Crippen LogP contribution in [0.1, 0.15) is 51.2 Å². The molecule has 7 heteroatoms. The fourth-order valence-corrected chi connectivity index (χ4v) is 4.87. The molecule has 32 heavy (non-hydrogen) atoms. The van der Waals surface area contributed by atoms with Crippen LogP contribution in [0.25, 0.3) is 0 Å². The standard InChI is InChI=1S/C25H41N5O.HI/c1-5-27-25(29-13-10-20(11-14-29)16-24(31)26-4)28-17-23(19(2)3)30-15-12-21-8-6-7-9-22(21)18-30;/h6-9,19-20,23H,5,10-18H2,1-4H3,(H,26,31)(H,27,28);1H. The Balaban J connectivity index is 0.00000363. The fourth-order valence-electron chi connectivity index (χ4n) is 4.87. The quantitative estimate of drug-likeness (QED) is 0.307. The highest BCUT2D eigenvalue weighted by molar-refractivity contribution is 14.0. The van der Waals surface area contributed by atoms with E-state index in [-0.39, 0.29) is 29.9 Å². The molecule has 180 valence electrons. The normalized spacial score (nSPS) is 18.7. The predicted molar refractivity (Wildman–Crippen MR) is 144 cm³/mol. The van der Waals surface area contributed by atoms with Crippen LogP contribution in [0, 0.1) is 11.8 Å². The third-order valence-electron chi connectivity index (χ3n) is 6.83. The number of rotatable bonds is 7. The molecule has 1 amide bonds. The maximum atomic E-state index is 11.7. The average Bonchev–Trinajstić information content (AvgIpc) is 2.78. The number of piperidine rings is 1. The summed E-state index contributed by atoms with van der Waals surface area (Å²) >= 11 is 0. The van der Waals surface area contributed by atoms with E-state index < -0.39 is 0 Å². The van der Waals surface area contributed by atoms with E-state index in [0.717, 1.165) is 64.5 Å². The van der Waals surface area contributed by atoms with Gasteiger partial charge in [0.25, 0.3) is 0 Å². The van der Waals surface area contributed by atoms with Crippen LogP contribution < -0.4 is 10.6 Å². The number of guanidine groups is 1. The number of hydrogen-bond donors (Lipinski definition) is 2. The number of fused-ring (bicyclic) bond motifs is 1. The number of carbonyl (C=O) groups excluding carboxylic acids is 1. The zero-order valence-electron chi connectivity index (χ0n) is 20.3. The maximum Gasteiger partial charge on any atom is 0.220 e. The van der Waals surface area contributed by atoms with E-state index in [1.807, 2.05) is 0 Å². The number of amides is 1. The Labute approximate surface area is 211 Å². The van der Waals surface area contributed by atoms with Gasteiger partial charge >= 0.3 is 0 Å². The molecule has 1 aromatic rings. The second-order valence-electron chi connectivity index (χ2n) is 9.30. The molecule has 2 aliphatic rings. The number of likely N-dealkylation sites (tertiary alicyclic amines) is 1. The lowest BCUT2D eigenvalue weighted by molar-refractivity contribution is -0.121. The van der Waals surface area contributed by atoms with E-state index in [2.05, 4.69) is 65.5 Å². The molecular weight excluding hydrogens is 513 g/mol. The van der Waals surface area contributed by atoms with Gasteiger partial charge in [-0.3, -0.25) is 14.7 Å². The Morgan fingerprint density at radius 2 is 1.84 bits per heavy atom. The molecule has 2 aliphatic heterocycles. The van der Waals surface area contributed by atoms with Gasteiger partial charge in [-0.2, -0.15) is 0 Å². The smallest absolute Gasteiger partial charge is 0.220 e. The van der Waals surface area contributed by atoms with Gasteiger partial charge in [-0.05, 0) is 49.1 Å². The van der Waals surface area contributed by atoms with Crippen molar-refractivity contribution < 1.29 is 4.79 Å². The van der Waals surface area contributed by atoms with Crippen molar-refractivity contribution in [2.45, 2.75) is 59.0 Å². The van der Waals surface area contributed by atoms with Crippen LogP contribution in [0.2, 0.25) is 0 Å². The van der Waals surface area contributed by atoms with E-state index in [9.17, 15) is 4.79 Å². The Kier molecular flexibility index (Phi) is 11.2. The van der Waals surface area contributed by atoms with Crippen molar-refractivity contribution in [1.82, 2.24) is 20.4 Å². The summed E-state index contributed by atoms with van der Waals surface area (Å²) in [4.78, 5) is 21.8. The van der Waals surface area contributed by atoms with Gasteiger partial charge in [0.1, 0.15) is 0 Å².